The van der Waals surface area contributed by atoms with Gasteiger partial charge in [0.15, 0.2) is 12.6 Å². The van der Waals surface area contributed by atoms with Gasteiger partial charge in [-0.15, -0.1) is 24.0 Å². The first-order valence-electron chi connectivity index (χ1n) is 9.82. The summed E-state index contributed by atoms with van der Waals surface area (Å²) in [5.74, 6) is 1.85. The summed E-state index contributed by atoms with van der Waals surface area (Å²) < 4.78 is 5.37. The van der Waals surface area contributed by atoms with Gasteiger partial charge in [-0.05, 0) is 56.0 Å². The summed E-state index contributed by atoms with van der Waals surface area (Å²) in [6.07, 6.45) is 3.93. The Morgan fingerprint density at radius 2 is 2.11 bits per heavy atom. The molecule has 0 saturated carbocycles. The maximum atomic E-state index is 10.9. The molecule has 2 heterocycles. The highest BCUT2D eigenvalue weighted by Crippen LogP contribution is 2.20. The average Bonchev–Trinajstić information content (AvgIpc) is 3.34. The second kappa shape index (κ2) is 11.5. The van der Waals surface area contributed by atoms with E-state index in [0.717, 1.165) is 30.5 Å². The van der Waals surface area contributed by atoms with Gasteiger partial charge >= 0.3 is 0 Å². The highest BCUT2D eigenvalue weighted by atomic mass is 127. The second-order valence-electron chi connectivity index (χ2n) is 7.41. The zero-order valence-corrected chi connectivity index (χ0v) is 18.9. The molecule has 1 amide bonds. The average molecular weight is 501 g/mol. The molecule has 0 spiro atoms. The Morgan fingerprint density at radius 3 is 2.82 bits per heavy atom. The minimum Gasteiger partial charge on any atom is -0.484 e. The highest BCUT2D eigenvalue weighted by Gasteiger charge is 2.27. The Bertz CT molecular complexity index is 664. The molecule has 1 aromatic carbocycles. The first kappa shape index (κ1) is 22.7. The van der Waals surface area contributed by atoms with E-state index in [1.165, 1.54) is 38.9 Å². The number of nitrogens with zero attached hydrogens (tertiary/aromatic N) is 3. The second-order valence-corrected chi connectivity index (χ2v) is 7.41. The summed E-state index contributed by atoms with van der Waals surface area (Å²) in [5.41, 5.74) is 6.20. The lowest BCUT2D eigenvalue weighted by Crippen LogP contribution is -2.40. The molecule has 1 aromatic rings. The van der Waals surface area contributed by atoms with Crippen molar-refractivity contribution in [1.82, 2.24) is 15.1 Å². The smallest absolute Gasteiger partial charge is 0.255 e. The van der Waals surface area contributed by atoms with Gasteiger partial charge in [-0.25, -0.2) is 0 Å². The Morgan fingerprint density at radius 1 is 1.32 bits per heavy atom. The maximum Gasteiger partial charge on any atom is 0.255 e. The van der Waals surface area contributed by atoms with E-state index in [9.17, 15) is 4.79 Å². The number of amides is 1. The molecule has 1 unspecified atom stereocenters. The zero-order valence-electron chi connectivity index (χ0n) is 16.6. The van der Waals surface area contributed by atoms with Crippen molar-refractivity contribution < 1.29 is 9.53 Å². The van der Waals surface area contributed by atoms with Gasteiger partial charge in [-0.1, -0.05) is 12.1 Å². The van der Waals surface area contributed by atoms with Crippen LogP contribution in [0, 0.1) is 5.92 Å². The summed E-state index contributed by atoms with van der Waals surface area (Å²) in [6, 6.07) is 7.68. The van der Waals surface area contributed by atoms with Crippen LogP contribution in [0.15, 0.2) is 29.3 Å². The number of carbonyl (C=O) groups excluding carboxylic acids is 1. The van der Waals surface area contributed by atoms with Gasteiger partial charge in [0.05, 0.1) is 0 Å². The van der Waals surface area contributed by atoms with Crippen LogP contribution in [0.25, 0.3) is 0 Å². The number of hydrogen-bond donors (Lipinski definition) is 2. The molecule has 0 bridgehead atoms. The third-order valence-electron chi connectivity index (χ3n) is 5.24. The first-order chi connectivity index (χ1) is 13.1. The van der Waals surface area contributed by atoms with E-state index >= 15 is 0 Å². The number of benzene rings is 1. The third-order valence-corrected chi connectivity index (χ3v) is 5.24. The molecule has 2 aliphatic heterocycles. The first-order valence-corrected chi connectivity index (χ1v) is 9.82. The number of nitrogens with one attached hydrogen (secondary N) is 1. The van der Waals surface area contributed by atoms with Gasteiger partial charge in [0.2, 0.25) is 0 Å². The number of nitrogens with two attached hydrogens (primary N) is 1. The highest BCUT2D eigenvalue weighted by molar-refractivity contribution is 14.0. The van der Waals surface area contributed by atoms with Gasteiger partial charge < -0.3 is 25.6 Å². The normalized spacial score (nSPS) is 20.1. The predicted octanol–water partition coefficient (Wildman–Crippen LogP) is 1.66. The molecule has 8 heteroatoms. The van der Waals surface area contributed by atoms with Crippen LogP contribution in [-0.4, -0.2) is 68.0 Å². The number of hydrogen-bond acceptors (Lipinski definition) is 4. The van der Waals surface area contributed by atoms with Gasteiger partial charge in [0, 0.05) is 33.2 Å². The standard InChI is InChI=1S/C20H31N5O2.HI/c1-22-20(25-10-7-17(14-25)13-24-8-2-3-9-24)23-12-16-5-4-6-18(11-16)27-15-19(21)26;/h4-6,11,17H,2-3,7-10,12-15H2,1H3,(H2,21,26)(H,22,23);1H. The molecule has 0 radical (unpaired) electrons. The van der Waals surface area contributed by atoms with Crippen LogP contribution < -0.4 is 15.8 Å². The lowest BCUT2D eigenvalue weighted by Gasteiger charge is -2.23. The SMILES string of the molecule is CN=C(NCc1cccc(OCC(N)=O)c1)N1CCC(CN2CCCC2)C1.I. The van der Waals surface area contributed by atoms with Crippen LogP contribution >= 0.6 is 24.0 Å². The summed E-state index contributed by atoms with van der Waals surface area (Å²) in [6.45, 7) is 6.42. The van der Waals surface area contributed by atoms with E-state index in [-0.39, 0.29) is 30.6 Å². The van der Waals surface area contributed by atoms with Crippen LogP contribution in [-0.2, 0) is 11.3 Å². The largest absolute Gasteiger partial charge is 0.484 e. The Labute approximate surface area is 184 Å². The van der Waals surface area contributed by atoms with Gasteiger partial charge in [-0.3, -0.25) is 9.79 Å². The number of halogens is 1. The molecule has 2 aliphatic rings. The van der Waals surface area contributed by atoms with E-state index in [4.69, 9.17) is 10.5 Å². The summed E-state index contributed by atoms with van der Waals surface area (Å²) >= 11 is 0. The molecule has 3 rings (SSSR count). The van der Waals surface area contributed by atoms with E-state index in [1.54, 1.807) is 0 Å². The van der Waals surface area contributed by atoms with Crippen molar-refractivity contribution in [3.05, 3.63) is 29.8 Å². The molecule has 156 valence electrons. The van der Waals surface area contributed by atoms with Crippen molar-refractivity contribution in [2.45, 2.75) is 25.8 Å². The van der Waals surface area contributed by atoms with E-state index in [1.807, 2.05) is 31.3 Å². The number of guanidine groups is 1. The van der Waals surface area contributed by atoms with Gasteiger partial charge in [0.1, 0.15) is 5.75 Å². The number of ether oxygens (including phenoxy) is 1. The van der Waals surface area contributed by atoms with E-state index in [2.05, 4.69) is 20.1 Å². The molecular formula is C20H32IN5O2. The molecule has 2 saturated heterocycles. The molecule has 3 N–H and O–H groups in total. The monoisotopic (exact) mass is 501 g/mol. The van der Waals surface area contributed by atoms with E-state index in [0.29, 0.717) is 12.3 Å². The number of carbonyl (C=O) groups is 1. The van der Waals surface area contributed by atoms with Gasteiger partial charge in [0.25, 0.3) is 5.91 Å². The predicted molar refractivity (Wildman–Crippen MR) is 122 cm³/mol. The van der Waals surface area contributed by atoms with Crippen molar-refractivity contribution in [2.24, 2.45) is 16.6 Å². The topological polar surface area (TPSA) is 83.2 Å². The Hall–Kier alpha value is -1.55. The third kappa shape index (κ3) is 6.80. The van der Waals surface area contributed by atoms with Crippen LogP contribution in [0.1, 0.15) is 24.8 Å². The molecule has 7 nitrogen and oxygen atoms in total. The van der Waals surface area contributed by atoms with Crippen molar-refractivity contribution in [1.29, 1.82) is 0 Å². The van der Waals surface area contributed by atoms with Gasteiger partial charge in [-0.2, -0.15) is 0 Å². The number of likely N-dealkylation sites (tertiary alicyclic amines) is 2. The number of primary amides is 1. The quantitative estimate of drug-likeness (QED) is 0.338. The lowest BCUT2D eigenvalue weighted by atomic mass is 10.1. The van der Waals surface area contributed by atoms with Crippen LogP contribution in [0.4, 0.5) is 0 Å². The van der Waals surface area contributed by atoms with E-state index < -0.39 is 5.91 Å². The molecular weight excluding hydrogens is 469 g/mol. The van der Waals surface area contributed by atoms with Crippen molar-refractivity contribution in [3.63, 3.8) is 0 Å². The van der Waals surface area contributed by atoms with Crippen molar-refractivity contribution in [3.8, 4) is 5.75 Å². The molecule has 0 aromatic heterocycles. The molecule has 28 heavy (non-hydrogen) atoms. The van der Waals surface area contributed by atoms with Crippen LogP contribution in [0.3, 0.4) is 0 Å². The zero-order chi connectivity index (χ0) is 19.1. The Kier molecular flexibility index (Phi) is 9.30. The van der Waals surface area contributed by atoms with Crippen molar-refractivity contribution >= 4 is 35.8 Å². The summed E-state index contributed by atoms with van der Waals surface area (Å²) in [5, 5.41) is 3.45. The van der Waals surface area contributed by atoms with Crippen LogP contribution in [0.2, 0.25) is 0 Å². The lowest BCUT2D eigenvalue weighted by molar-refractivity contribution is -0.119. The Balaban J connectivity index is 0.00000280. The molecule has 0 aliphatic carbocycles. The molecule has 2 fully saturated rings. The fourth-order valence-corrected chi connectivity index (χ4v) is 3.92. The van der Waals surface area contributed by atoms with Crippen molar-refractivity contribution in [2.75, 3.05) is 46.4 Å². The summed E-state index contributed by atoms with van der Waals surface area (Å²) in [7, 11) is 1.84. The minimum absolute atomic E-state index is 0. The summed E-state index contributed by atoms with van der Waals surface area (Å²) in [4.78, 5) is 20.3. The maximum absolute atomic E-state index is 10.9. The minimum atomic E-state index is -0.476. The fraction of sp³-hybridized carbons (Fsp3) is 0.600. The number of rotatable bonds is 7. The number of aliphatic imine (C=N–C) groups is 1. The fourth-order valence-electron chi connectivity index (χ4n) is 3.92. The molecule has 1 atom stereocenters. The van der Waals surface area contributed by atoms with Crippen LogP contribution in [0.5, 0.6) is 5.75 Å².